The summed E-state index contributed by atoms with van der Waals surface area (Å²) in [6, 6.07) is 5.77. The molecule has 0 saturated carbocycles. The number of fused-ring (bicyclic) bond motifs is 1. The van der Waals surface area contributed by atoms with Crippen molar-refractivity contribution in [2.24, 2.45) is 0 Å². The molecular weight excluding hydrogens is 535 g/mol. The number of imide groups is 1. The monoisotopic (exact) mass is 562 g/mol. The molecule has 8 N–H and O–H groups in total. The zero-order valence-corrected chi connectivity index (χ0v) is 20.9. The van der Waals surface area contributed by atoms with Gasteiger partial charge in [-0.05, 0) is 23.8 Å². The van der Waals surface area contributed by atoms with Crippen molar-refractivity contribution < 1.29 is 54.2 Å². The van der Waals surface area contributed by atoms with Crippen LogP contribution in [0.15, 0.2) is 36.4 Å². The summed E-state index contributed by atoms with van der Waals surface area (Å²) in [6.07, 6.45) is 0. The molecule has 1 atom stereocenters. The zero-order valence-electron chi connectivity index (χ0n) is 20.9. The van der Waals surface area contributed by atoms with Gasteiger partial charge in [0.25, 0.3) is 29.4 Å². The van der Waals surface area contributed by atoms with E-state index in [4.69, 9.17) is 4.74 Å². The second-order valence-corrected chi connectivity index (χ2v) is 9.83. The minimum atomic E-state index is -4.04. The molecule has 214 valence electrons. The summed E-state index contributed by atoms with van der Waals surface area (Å²) >= 11 is 0. The lowest BCUT2D eigenvalue weighted by Crippen LogP contribution is -2.80. The topological polar surface area (TPSA) is 212 Å². The van der Waals surface area contributed by atoms with Gasteiger partial charge in [0.15, 0.2) is 6.04 Å². The van der Waals surface area contributed by atoms with Crippen molar-refractivity contribution in [1.82, 2.24) is 15.1 Å². The van der Waals surface area contributed by atoms with Gasteiger partial charge in [-0.2, -0.15) is 0 Å². The number of amides is 3. The van der Waals surface area contributed by atoms with Crippen LogP contribution in [0.4, 0.5) is 10.1 Å². The summed E-state index contributed by atoms with van der Waals surface area (Å²) in [6.45, 7) is 3.04. The van der Waals surface area contributed by atoms with Crippen LogP contribution in [0.5, 0.6) is 0 Å². The molecule has 0 bridgehead atoms. The Hall–Kier alpha value is -3.54. The minimum Gasteiger partial charge on any atom is -0.380 e. The molecule has 0 aliphatic carbocycles. The van der Waals surface area contributed by atoms with Crippen LogP contribution in [0.3, 0.4) is 0 Å². The van der Waals surface area contributed by atoms with Crippen LogP contribution in [-0.2, 0) is 33.3 Å². The van der Waals surface area contributed by atoms with E-state index in [2.05, 4.69) is 10.2 Å². The van der Waals surface area contributed by atoms with Crippen LogP contribution in [0.25, 0.3) is 0 Å². The first-order valence-corrected chi connectivity index (χ1v) is 12.2. The Labute approximate surface area is 225 Å². The lowest BCUT2D eigenvalue weighted by molar-refractivity contribution is -0.373. The van der Waals surface area contributed by atoms with Crippen molar-refractivity contribution >= 4 is 23.4 Å². The van der Waals surface area contributed by atoms with E-state index in [1.807, 2.05) is 0 Å². The van der Waals surface area contributed by atoms with Crippen molar-refractivity contribution in [3.63, 3.8) is 0 Å². The number of ether oxygens (including phenoxy) is 1. The predicted octanol–water partition coefficient (Wildman–Crippen LogP) is -2.79. The number of hydrogen-bond donors (Lipinski definition) is 8. The molecule has 3 aliphatic rings. The fourth-order valence-electron chi connectivity index (χ4n) is 5.07. The summed E-state index contributed by atoms with van der Waals surface area (Å²) < 4.78 is 20.2. The lowest BCUT2D eigenvalue weighted by Gasteiger charge is -2.47. The summed E-state index contributed by atoms with van der Waals surface area (Å²) in [5, 5.41) is 66.9. The fourth-order valence-corrected chi connectivity index (χ4v) is 5.07. The third-order valence-electron chi connectivity index (χ3n) is 7.24. The molecule has 3 aliphatic heterocycles. The second-order valence-electron chi connectivity index (χ2n) is 9.83. The number of nitrogens with zero attached hydrogens (tertiary/aromatic N) is 2. The normalized spacial score (nSPS) is 23.6. The largest absolute Gasteiger partial charge is 0.380 e. The summed E-state index contributed by atoms with van der Waals surface area (Å²) in [5.41, 5.74) is -0.0293. The molecule has 14 nitrogen and oxygen atoms in total. The van der Waals surface area contributed by atoms with Gasteiger partial charge in [0.2, 0.25) is 0 Å². The summed E-state index contributed by atoms with van der Waals surface area (Å²) in [5.74, 6) is -16.8. The van der Waals surface area contributed by atoms with E-state index in [0.717, 1.165) is 24.7 Å². The molecule has 2 saturated heterocycles. The number of aliphatic hydroxyl groups is 6. The van der Waals surface area contributed by atoms with E-state index in [0.29, 0.717) is 19.8 Å². The molecular formula is C25H27FN4O10. The zero-order chi connectivity index (χ0) is 29.0. The van der Waals surface area contributed by atoms with E-state index in [1.54, 1.807) is 12.1 Å². The van der Waals surface area contributed by atoms with Crippen LogP contribution >= 0.6 is 0 Å². The maximum Gasteiger partial charge on any atom is 0.303 e. The van der Waals surface area contributed by atoms with Gasteiger partial charge in [-0.1, -0.05) is 18.2 Å². The number of carbonyl (C=O) groups is 3. The Morgan fingerprint density at radius 2 is 1.73 bits per heavy atom. The average Bonchev–Trinajstić information content (AvgIpc) is 3.09. The number of piperidine rings is 1. The molecule has 3 heterocycles. The molecule has 2 aromatic rings. The van der Waals surface area contributed by atoms with Crippen LogP contribution in [0.2, 0.25) is 0 Å². The van der Waals surface area contributed by atoms with Gasteiger partial charge >= 0.3 is 5.79 Å². The van der Waals surface area contributed by atoms with Crippen LogP contribution < -0.4 is 10.6 Å². The first kappa shape index (κ1) is 28.0. The number of carbonyl (C=O) groups excluding carboxylic acids is 3. The van der Waals surface area contributed by atoms with Gasteiger partial charge in [-0.15, -0.1) is 0 Å². The van der Waals surface area contributed by atoms with Gasteiger partial charge in [0.1, 0.15) is 5.82 Å². The summed E-state index contributed by atoms with van der Waals surface area (Å²) in [7, 11) is 0. The van der Waals surface area contributed by atoms with Gasteiger partial charge in [0, 0.05) is 37.4 Å². The first-order chi connectivity index (χ1) is 18.8. The first-order valence-electron chi connectivity index (χ1n) is 12.2. The summed E-state index contributed by atoms with van der Waals surface area (Å²) in [4.78, 5) is 39.5. The molecule has 15 heteroatoms. The van der Waals surface area contributed by atoms with E-state index in [-0.39, 0.29) is 22.7 Å². The fraction of sp³-hybridized carbons (Fsp3) is 0.400. The van der Waals surface area contributed by atoms with Gasteiger partial charge in [0.05, 0.1) is 24.3 Å². The molecule has 2 fully saturated rings. The maximum absolute atomic E-state index is 14.9. The molecule has 0 radical (unpaired) electrons. The maximum atomic E-state index is 14.9. The highest BCUT2D eigenvalue weighted by Crippen LogP contribution is 2.44. The quantitative estimate of drug-likeness (QED) is 0.133. The predicted molar refractivity (Wildman–Crippen MR) is 130 cm³/mol. The van der Waals surface area contributed by atoms with Gasteiger partial charge in [-0.25, -0.2) is 4.39 Å². The molecule has 0 spiro atoms. The second kappa shape index (κ2) is 9.83. The number of anilines is 1. The number of rotatable bonds is 6. The Morgan fingerprint density at radius 3 is 2.40 bits per heavy atom. The molecule has 40 heavy (non-hydrogen) atoms. The Bertz CT molecular complexity index is 1380. The number of morpholine rings is 1. The molecule has 2 aromatic carbocycles. The smallest absolute Gasteiger partial charge is 0.303 e. The Kier molecular flexibility index (Phi) is 6.88. The highest BCUT2D eigenvalue weighted by atomic mass is 19.1. The third-order valence-corrected chi connectivity index (χ3v) is 7.24. The van der Waals surface area contributed by atoms with Crippen LogP contribution in [0, 0.1) is 5.82 Å². The molecule has 0 aromatic heterocycles. The number of benzene rings is 2. The average molecular weight is 563 g/mol. The van der Waals surface area contributed by atoms with E-state index >= 15 is 0 Å². The van der Waals surface area contributed by atoms with E-state index in [1.165, 1.54) is 23.5 Å². The van der Waals surface area contributed by atoms with Crippen molar-refractivity contribution in [3.05, 3.63) is 64.5 Å². The van der Waals surface area contributed by atoms with Crippen molar-refractivity contribution in [1.29, 1.82) is 0 Å². The minimum absolute atomic E-state index is 0.0804. The Balaban J connectivity index is 1.40. The third kappa shape index (κ3) is 4.42. The molecule has 1 unspecified atom stereocenters. The lowest BCUT2D eigenvalue weighted by atomic mass is 9.90. The Morgan fingerprint density at radius 1 is 1.02 bits per heavy atom. The van der Waals surface area contributed by atoms with Crippen LogP contribution in [0.1, 0.15) is 27.0 Å². The van der Waals surface area contributed by atoms with Crippen molar-refractivity contribution in [3.8, 4) is 0 Å². The van der Waals surface area contributed by atoms with Crippen LogP contribution in [-0.4, -0.2) is 102 Å². The standard InChI is InChI=1S/C25H27FN4O10/c26-16-10-13(12-29-6-8-40-9-7-29)4-5-14(16)11-27-17-3-1-2-15-18(17)25(38,39)30(21(15)32)19-20(31)28-22(33)24(36,37)23(19,34)35/h1-5,10,19,27,34-39H,6-9,11-12H2,(H,28,31,33). The van der Waals surface area contributed by atoms with Crippen molar-refractivity contribution in [2.75, 3.05) is 31.6 Å². The highest BCUT2D eigenvalue weighted by Gasteiger charge is 2.70. The number of hydrogen-bond acceptors (Lipinski definition) is 12. The SMILES string of the molecule is O=C1NC(=O)C(O)(O)C(O)(O)C1N1C(=O)c2cccc(NCc3ccc(CN4CCOCC4)cc3F)c2C1(O)O. The highest BCUT2D eigenvalue weighted by molar-refractivity contribution is 6.09. The van der Waals surface area contributed by atoms with E-state index in [9.17, 15) is 49.4 Å². The molecule has 3 amide bonds. The number of nitrogens with one attached hydrogen (secondary N) is 2. The van der Waals surface area contributed by atoms with E-state index < -0.39 is 58.2 Å². The van der Waals surface area contributed by atoms with Gasteiger partial charge in [-0.3, -0.25) is 29.5 Å². The molecule has 5 rings (SSSR count). The van der Waals surface area contributed by atoms with Crippen molar-refractivity contribution in [2.45, 2.75) is 36.6 Å². The number of halogens is 1. The van der Waals surface area contributed by atoms with Gasteiger partial charge < -0.3 is 40.7 Å².